The molecule has 2 fully saturated rings. The molecule has 0 aromatic rings. The van der Waals surface area contributed by atoms with Crippen LogP contribution in [0.4, 0.5) is 0 Å². The molecular formula is C21H42O3Si. The maximum atomic E-state index is 7.07. The van der Waals surface area contributed by atoms with Crippen molar-refractivity contribution in [3.63, 3.8) is 0 Å². The molecule has 0 N–H and O–H groups in total. The van der Waals surface area contributed by atoms with Gasteiger partial charge in [0.2, 0.25) is 8.32 Å². The van der Waals surface area contributed by atoms with Crippen molar-refractivity contribution in [3.05, 3.63) is 0 Å². The molecule has 1 saturated heterocycles. The van der Waals surface area contributed by atoms with Crippen LogP contribution < -0.4 is 0 Å². The number of hydrogen-bond acceptors (Lipinski definition) is 3. The summed E-state index contributed by atoms with van der Waals surface area (Å²) >= 11 is 0. The Morgan fingerprint density at radius 1 is 0.920 bits per heavy atom. The van der Waals surface area contributed by atoms with Crippen molar-refractivity contribution in [2.45, 2.75) is 109 Å². The molecule has 0 aromatic heterocycles. The van der Waals surface area contributed by atoms with E-state index in [0.29, 0.717) is 28.6 Å². The molecule has 5 atom stereocenters. The summed E-state index contributed by atoms with van der Waals surface area (Å²) in [7, 11) is 0.0402. The molecule has 148 valence electrons. The maximum Gasteiger partial charge on any atom is 0.200 e. The van der Waals surface area contributed by atoms with Crippen molar-refractivity contribution >= 4 is 8.32 Å². The summed E-state index contributed by atoms with van der Waals surface area (Å²) in [5.74, 6) is 1.45. The van der Waals surface area contributed by atoms with Crippen LogP contribution in [0.5, 0.6) is 0 Å². The zero-order chi connectivity index (χ0) is 18.8. The lowest BCUT2D eigenvalue weighted by Crippen LogP contribution is -2.53. The summed E-state index contributed by atoms with van der Waals surface area (Å²) in [4.78, 5) is 0. The van der Waals surface area contributed by atoms with E-state index in [2.05, 4.69) is 48.5 Å². The molecule has 2 aliphatic rings. The first-order chi connectivity index (χ1) is 11.7. The van der Waals surface area contributed by atoms with Gasteiger partial charge in [0.05, 0.1) is 24.9 Å². The fraction of sp³-hybridized carbons (Fsp3) is 1.00. The molecule has 0 spiro atoms. The lowest BCUT2D eigenvalue weighted by molar-refractivity contribution is -0.0482. The van der Waals surface area contributed by atoms with Gasteiger partial charge in [0, 0.05) is 7.11 Å². The molecule has 0 bridgehead atoms. The van der Waals surface area contributed by atoms with Gasteiger partial charge in [0.25, 0.3) is 0 Å². The third-order valence-electron chi connectivity index (χ3n) is 6.90. The van der Waals surface area contributed by atoms with Gasteiger partial charge in [-0.05, 0) is 54.1 Å². The Labute approximate surface area is 157 Å². The highest BCUT2D eigenvalue weighted by Gasteiger charge is 2.48. The van der Waals surface area contributed by atoms with Crippen LogP contribution in [0, 0.1) is 11.8 Å². The predicted molar refractivity (Wildman–Crippen MR) is 108 cm³/mol. The van der Waals surface area contributed by atoms with Crippen molar-refractivity contribution in [1.82, 2.24) is 0 Å². The molecule has 0 unspecified atom stereocenters. The van der Waals surface area contributed by atoms with E-state index in [1.165, 1.54) is 12.8 Å². The first-order valence-corrected chi connectivity index (χ1v) is 12.7. The van der Waals surface area contributed by atoms with Crippen LogP contribution in [0.15, 0.2) is 0 Å². The molecule has 0 amide bonds. The molecular weight excluding hydrogens is 328 g/mol. The number of hydrogen-bond donors (Lipinski definition) is 0. The zero-order valence-electron chi connectivity index (χ0n) is 17.9. The van der Waals surface area contributed by atoms with Crippen LogP contribution in [-0.2, 0) is 13.9 Å². The minimum atomic E-state index is -1.83. The van der Waals surface area contributed by atoms with E-state index in [-0.39, 0.29) is 12.2 Å². The Hall–Kier alpha value is 0.0969. The van der Waals surface area contributed by atoms with E-state index in [1.807, 2.05) is 7.11 Å². The van der Waals surface area contributed by atoms with Crippen molar-refractivity contribution < 1.29 is 13.9 Å². The molecule has 2 rings (SSSR count). The van der Waals surface area contributed by atoms with E-state index in [0.717, 1.165) is 25.4 Å². The van der Waals surface area contributed by atoms with Gasteiger partial charge in [0.1, 0.15) is 0 Å². The van der Waals surface area contributed by atoms with Gasteiger partial charge in [-0.15, -0.1) is 0 Å². The highest BCUT2D eigenvalue weighted by Crippen LogP contribution is 2.45. The van der Waals surface area contributed by atoms with Crippen molar-refractivity contribution in [3.8, 4) is 0 Å². The monoisotopic (exact) mass is 370 g/mol. The van der Waals surface area contributed by atoms with Gasteiger partial charge in [-0.3, -0.25) is 0 Å². The molecule has 1 aliphatic heterocycles. The molecule has 1 aliphatic carbocycles. The lowest BCUT2D eigenvalue weighted by Gasteiger charge is -2.47. The highest BCUT2D eigenvalue weighted by molar-refractivity contribution is 6.77. The fourth-order valence-electron chi connectivity index (χ4n) is 5.51. The first-order valence-electron chi connectivity index (χ1n) is 10.5. The fourth-order valence-corrected chi connectivity index (χ4v) is 11.1. The zero-order valence-corrected chi connectivity index (χ0v) is 18.9. The molecule has 1 heterocycles. The molecule has 25 heavy (non-hydrogen) atoms. The summed E-state index contributed by atoms with van der Waals surface area (Å²) in [6.45, 7) is 17.5. The molecule has 4 heteroatoms. The summed E-state index contributed by atoms with van der Waals surface area (Å²) in [5, 5.41) is 0. The molecule has 0 radical (unpaired) electrons. The largest absolute Gasteiger partial charge is 0.411 e. The van der Waals surface area contributed by atoms with E-state index in [9.17, 15) is 0 Å². The number of epoxide rings is 1. The van der Waals surface area contributed by atoms with Crippen LogP contribution in [0.25, 0.3) is 0 Å². The van der Waals surface area contributed by atoms with Crippen LogP contribution in [0.3, 0.4) is 0 Å². The topological polar surface area (TPSA) is 31.0 Å². The summed E-state index contributed by atoms with van der Waals surface area (Å²) in [6.07, 6.45) is 5.93. The second kappa shape index (κ2) is 8.86. The smallest absolute Gasteiger partial charge is 0.200 e. The third-order valence-corrected chi connectivity index (χ3v) is 13.0. The lowest BCUT2D eigenvalue weighted by atomic mass is 9.80. The Balaban J connectivity index is 2.03. The van der Waals surface area contributed by atoms with E-state index < -0.39 is 8.32 Å². The van der Waals surface area contributed by atoms with Crippen LogP contribution >= 0.6 is 0 Å². The second-order valence-electron chi connectivity index (χ2n) is 9.51. The quantitative estimate of drug-likeness (QED) is 0.380. The van der Waals surface area contributed by atoms with Gasteiger partial charge in [-0.1, -0.05) is 48.5 Å². The Morgan fingerprint density at radius 2 is 1.48 bits per heavy atom. The normalized spacial score (nSPS) is 31.8. The number of rotatable bonds is 9. The average molecular weight is 371 g/mol. The molecule has 1 saturated carbocycles. The number of ether oxygens (including phenoxy) is 2. The van der Waals surface area contributed by atoms with Gasteiger partial charge in [-0.25, -0.2) is 0 Å². The van der Waals surface area contributed by atoms with Crippen LogP contribution in [0.1, 0.15) is 74.1 Å². The van der Waals surface area contributed by atoms with Crippen molar-refractivity contribution in [1.29, 1.82) is 0 Å². The van der Waals surface area contributed by atoms with E-state index in [4.69, 9.17) is 13.9 Å². The Kier molecular flexibility index (Phi) is 7.58. The predicted octanol–water partition coefficient (Wildman–Crippen LogP) is 5.79. The Bertz CT molecular complexity index is 384. The summed E-state index contributed by atoms with van der Waals surface area (Å²) in [6, 6.07) is 0. The van der Waals surface area contributed by atoms with Gasteiger partial charge >= 0.3 is 0 Å². The standard InChI is InChI=1S/C21H42O3Si/c1-14(2)25(15(3)4,16(5)6)24-19-10-9-18(12-20(19)22-8)11-17(7)21-13-23-21/h14-21H,9-13H2,1-8H3/t17-,18+,19-,20-,21+/m1/s1. The van der Waals surface area contributed by atoms with E-state index >= 15 is 0 Å². The summed E-state index contributed by atoms with van der Waals surface area (Å²) < 4.78 is 18.5. The van der Waals surface area contributed by atoms with Crippen LogP contribution in [-0.4, -0.2) is 40.3 Å². The van der Waals surface area contributed by atoms with Gasteiger partial charge < -0.3 is 13.9 Å². The minimum Gasteiger partial charge on any atom is -0.411 e. The number of methoxy groups -OCH3 is 1. The van der Waals surface area contributed by atoms with Gasteiger partial charge in [0.15, 0.2) is 0 Å². The van der Waals surface area contributed by atoms with Crippen molar-refractivity contribution in [2.75, 3.05) is 13.7 Å². The first kappa shape index (κ1) is 21.4. The Morgan fingerprint density at radius 3 is 1.92 bits per heavy atom. The van der Waals surface area contributed by atoms with E-state index in [1.54, 1.807) is 0 Å². The third kappa shape index (κ3) is 4.88. The SMILES string of the molecule is CO[C@@H]1C[C@H](C[C@@H](C)[C@@H]2CO2)CC[C@H]1O[Si](C(C)C)(C(C)C)C(C)C. The average Bonchev–Trinajstić information content (AvgIpc) is 3.37. The van der Waals surface area contributed by atoms with Crippen LogP contribution in [0.2, 0.25) is 16.6 Å². The summed E-state index contributed by atoms with van der Waals surface area (Å²) in [5.41, 5.74) is 1.90. The maximum absolute atomic E-state index is 7.07. The minimum absolute atomic E-state index is 0.259. The van der Waals surface area contributed by atoms with Crippen molar-refractivity contribution in [2.24, 2.45) is 11.8 Å². The molecule has 3 nitrogen and oxygen atoms in total. The highest BCUT2D eigenvalue weighted by atomic mass is 28.4. The van der Waals surface area contributed by atoms with Gasteiger partial charge in [-0.2, -0.15) is 0 Å². The second-order valence-corrected chi connectivity index (χ2v) is 14.9. The molecule has 0 aromatic carbocycles.